The monoisotopic (exact) mass is 292 g/mol. The molecule has 1 aromatic heterocycles. The molecule has 3 rings (SSSR count). The fraction of sp³-hybridized carbons (Fsp3) is 0.800. The maximum Gasteiger partial charge on any atom is 0.246 e. The number of carbonyl (C=O) groups is 1. The molecule has 2 aliphatic rings. The van der Waals surface area contributed by atoms with Gasteiger partial charge in [-0.3, -0.25) is 4.79 Å². The molecule has 2 fully saturated rings. The molecule has 0 aromatic carbocycles. The largest absolute Gasteiger partial charge is 0.337 e. The second-order valence-electron chi connectivity index (χ2n) is 6.26. The molecule has 1 saturated heterocycles. The third-order valence-corrected chi connectivity index (χ3v) is 4.74. The predicted octanol–water partition coefficient (Wildman–Crippen LogP) is 1.51. The molecule has 6 heteroatoms. The Hall–Kier alpha value is -1.43. The van der Waals surface area contributed by atoms with E-state index in [0.717, 1.165) is 12.8 Å². The van der Waals surface area contributed by atoms with Crippen molar-refractivity contribution in [3.8, 4) is 0 Å². The highest BCUT2D eigenvalue weighted by molar-refractivity contribution is 5.82. The van der Waals surface area contributed by atoms with Crippen molar-refractivity contribution in [3.05, 3.63) is 11.7 Å². The summed E-state index contributed by atoms with van der Waals surface area (Å²) >= 11 is 0. The average molecular weight is 292 g/mol. The van der Waals surface area contributed by atoms with Crippen LogP contribution >= 0.6 is 0 Å². The van der Waals surface area contributed by atoms with Crippen molar-refractivity contribution in [2.75, 3.05) is 7.05 Å². The number of hydrogen-bond donors (Lipinski definition) is 1. The van der Waals surface area contributed by atoms with Crippen LogP contribution in [0.5, 0.6) is 0 Å². The van der Waals surface area contributed by atoms with Crippen molar-refractivity contribution in [3.63, 3.8) is 0 Å². The highest BCUT2D eigenvalue weighted by atomic mass is 16.5. The molecular formula is C15H24N4O2. The minimum absolute atomic E-state index is 0.0448. The molecular weight excluding hydrogens is 268 g/mol. The summed E-state index contributed by atoms with van der Waals surface area (Å²) in [4.78, 5) is 18.5. The van der Waals surface area contributed by atoms with Gasteiger partial charge in [-0.05, 0) is 25.2 Å². The third kappa shape index (κ3) is 3.10. The summed E-state index contributed by atoms with van der Waals surface area (Å²) in [6.07, 6.45) is 6.77. The first kappa shape index (κ1) is 14.5. The SMILES string of the molecule is CCc1noc(CN(C)C(=O)[C@@H]2C[C@@H]3CCCC[C@H]3N2)n1. The van der Waals surface area contributed by atoms with Crippen LogP contribution < -0.4 is 5.32 Å². The van der Waals surface area contributed by atoms with E-state index in [2.05, 4.69) is 15.5 Å². The van der Waals surface area contributed by atoms with Gasteiger partial charge >= 0.3 is 0 Å². The van der Waals surface area contributed by atoms with Crippen LogP contribution in [0, 0.1) is 5.92 Å². The first-order chi connectivity index (χ1) is 10.2. The third-order valence-electron chi connectivity index (χ3n) is 4.74. The number of aryl methyl sites for hydroxylation is 1. The van der Waals surface area contributed by atoms with Crippen molar-refractivity contribution in [2.24, 2.45) is 5.92 Å². The number of aromatic nitrogens is 2. The zero-order valence-corrected chi connectivity index (χ0v) is 12.8. The highest BCUT2D eigenvalue weighted by Gasteiger charge is 2.39. The molecule has 21 heavy (non-hydrogen) atoms. The van der Waals surface area contributed by atoms with Crippen molar-refractivity contribution >= 4 is 5.91 Å². The number of hydrogen-bond acceptors (Lipinski definition) is 5. The lowest BCUT2D eigenvalue weighted by atomic mass is 9.85. The topological polar surface area (TPSA) is 71.3 Å². The Bertz CT molecular complexity index is 488. The van der Waals surface area contributed by atoms with E-state index in [1.807, 2.05) is 14.0 Å². The summed E-state index contributed by atoms with van der Waals surface area (Å²) in [5.41, 5.74) is 0. The molecule has 116 valence electrons. The van der Waals surface area contributed by atoms with Gasteiger partial charge in [0.1, 0.15) is 0 Å². The minimum atomic E-state index is -0.0448. The van der Waals surface area contributed by atoms with E-state index in [4.69, 9.17) is 4.52 Å². The van der Waals surface area contributed by atoms with Crippen LogP contribution in [0.4, 0.5) is 0 Å². The molecule has 3 atom stereocenters. The molecule has 0 radical (unpaired) electrons. The number of nitrogens with one attached hydrogen (secondary N) is 1. The Balaban J connectivity index is 1.57. The number of likely N-dealkylation sites (N-methyl/N-ethyl adjacent to an activating group) is 1. The van der Waals surface area contributed by atoms with Crippen molar-refractivity contribution < 1.29 is 9.32 Å². The Morgan fingerprint density at radius 1 is 1.43 bits per heavy atom. The second kappa shape index (κ2) is 6.13. The number of amides is 1. The van der Waals surface area contributed by atoms with Gasteiger partial charge in [-0.2, -0.15) is 4.98 Å². The predicted molar refractivity (Wildman–Crippen MR) is 77.4 cm³/mol. The van der Waals surface area contributed by atoms with Gasteiger partial charge in [0.25, 0.3) is 0 Å². The lowest BCUT2D eigenvalue weighted by Gasteiger charge is -2.24. The van der Waals surface area contributed by atoms with Crippen LogP contribution in [0.25, 0.3) is 0 Å². The zero-order chi connectivity index (χ0) is 14.8. The van der Waals surface area contributed by atoms with Crippen LogP contribution in [0.1, 0.15) is 50.7 Å². The van der Waals surface area contributed by atoms with E-state index < -0.39 is 0 Å². The van der Waals surface area contributed by atoms with Crippen molar-refractivity contribution in [1.29, 1.82) is 0 Å². The molecule has 0 spiro atoms. The molecule has 1 aromatic rings. The normalized spacial score (nSPS) is 28.4. The van der Waals surface area contributed by atoms with E-state index in [-0.39, 0.29) is 11.9 Å². The van der Waals surface area contributed by atoms with Crippen molar-refractivity contribution in [2.45, 2.75) is 64.1 Å². The number of fused-ring (bicyclic) bond motifs is 1. The lowest BCUT2D eigenvalue weighted by Crippen LogP contribution is -2.43. The quantitative estimate of drug-likeness (QED) is 0.911. The molecule has 1 N–H and O–H groups in total. The summed E-state index contributed by atoms with van der Waals surface area (Å²) in [5, 5.41) is 7.38. The first-order valence-electron chi connectivity index (χ1n) is 8.00. The van der Waals surface area contributed by atoms with E-state index in [0.29, 0.717) is 30.2 Å². The summed E-state index contributed by atoms with van der Waals surface area (Å²) in [6.45, 7) is 2.37. The van der Waals surface area contributed by atoms with Gasteiger partial charge < -0.3 is 14.7 Å². The average Bonchev–Trinajstić information content (AvgIpc) is 3.12. The Morgan fingerprint density at radius 3 is 2.95 bits per heavy atom. The fourth-order valence-electron chi connectivity index (χ4n) is 3.56. The molecule has 1 saturated carbocycles. The van der Waals surface area contributed by atoms with Gasteiger partial charge in [-0.25, -0.2) is 0 Å². The highest BCUT2D eigenvalue weighted by Crippen LogP contribution is 2.33. The molecule has 1 aliphatic carbocycles. The summed E-state index contributed by atoms with van der Waals surface area (Å²) < 4.78 is 5.16. The molecule has 0 bridgehead atoms. The fourth-order valence-corrected chi connectivity index (χ4v) is 3.56. The minimum Gasteiger partial charge on any atom is -0.337 e. The molecule has 0 unspecified atom stereocenters. The summed E-state index contributed by atoms with van der Waals surface area (Å²) in [5.74, 6) is 2.02. The standard InChI is InChI=1S/C15H24N4O2/c1-3-13-17-14(21-18-13)9-19(2)15(20)12-8-10-6-4-5-7-11(10)16-12/h10-12,16H,3-9H2,1-2H3/t10-,11+,12-/m0/s1. The van der Waals surface area contributed by atoms with Gasteiger partial charge in [0, 0.05) is 19.5 Å². The summed E-state index contributed by atoms with van der Waals surface area (Å²) in [7, 11) is 1.81. The molecule has 1 aliphatic heterocycles. The maximum atomic E-state index is 12.5. The van der Waals surface area contributed by atoms with E-state index in [1.165, 1.54) is 25.7 Å². The zero-order valence-electron chi connectivity index (χ0n) is 12.8. The Morgan fingerprint density at radius 2 is 2.24 bits per heavy atom. The second-order valence-corrected chi connectivity index (χ2v) is 6.26. The molecule has 6 nitrogen and oxygen atoms in total. The molecule has 1 amide bonds. The maximum absolute atomic E-state index is 12.5. The number of carbonyl (C=O) groups excluding carboxylic acids is 1. The van der Waals surface area contributed by atoms with Gasteiger partial charge in [-0.15, -0.1) is 0 Å². The number of rotatable bonds is 4. The van der Waals surface area contributed by atoms with Crippen LogP contribution in [-0.2, 0) is 17.8 Å². The lowest BCUT2D eigenvalue weighted by molar-refractivity contribution is -0.132. The van der Waals surface area contributed by atoms with E-state index in [9.17, 15) is 4.79 Å². The number of nitrogens with zero attached hydrogens (tertiary/aromatic N) is 3. The van der Waals surface area contributed by atoms with Gasteiger partial charge in [-0.1, -0.05) is 24.9 Å². The van der Waals surface area contributed by atoms with Gasteiger partial charge in [0.15, 0.2) is 5.82 Å². The van der Waals surface area contributed by atoms with E-state index >= 15 is 0 Å². The van der Waals surface area contributed by atoms with Crippen LogP contribution in [0.2, 0.25) is 0 Å². The first-order valence-corrected chi connectivity index (χ1v) is 8.00. The summed E-state index contributed by atoms with van der Waals surface area (Å²) in [6, 6.07) is 0.493. The Kier molecular flexibility index (Phi) is 4.24. The van der Waals surface area contributed by atoms with Crippen LogP contribution in [-0.4, -0.2) is 40.1 Å². The van der Waals surface area contributed by atoms with Gasteiger partial charge in [0.2, 0.25) is 11.8 Å². The van der Waals surface area contributed by atoms with E-state index in [1.54, 1.807) is 4.90 Å². The van der Waals surface area contributed by atoms with Crippen LogP contribution in [0.3, 0.4) is 0 Å². The Labute approximate surface area is 125 Å². The smallest absolute Gasteiger partial charge is 0.246 e. The van der Waals surface area contributed by atoms with Crippen molar-refractivity contribution in [1.82, 2.24) is 20.4 Å². The van der Waals surface area contributed by atoms with Gasteiger partial charge in [0.05, 0.1) is 12.6 Å². The molecule has 2 heterocycles. The van der Waals surface area contributed by atoms with Crippen LogP contribution in [0.15, 0.2) is 4.52 Å².